The topological polar surface area (TPSA) is 116 Å². The number of aliphatic carboxylic acids is 1. The lowest BCUT2D eigenvalue weighted by Gasteiger charge is -2.49. The van der Waals surface area contributed by atoms with Crippen LogP contribution in [0.2, 0.25) is 0 Å². The predicted octanol–water partition coefficient (Wildman–Crippen LogP) is 6.54. The maximum absolute atomic E-state index is 12.5. The quantitative estimate of drug-likeness (QED) is 0.275. The van der Waals surface area contributed by atoms with Gasteiger partial charge >= 0.3 is 18.1 Å². The Morgan fingerprint density at radius 2 is 1.68 bits per heavy atom. The van der Waals surface area contributed by atoms with Gasteiger partial charge in [-0.3, -0.25) is 14.4 Å². The maximum atomic E-state index is 12.5. The zero-order valence-electron chi connectivity index (χ0n) is 23.9. The zero-order valence-corrected chi connectivity index (χ0v) is 23.9. The fourth-order valence-corrected chi connectivity index (χ4v) is 7.92. The van der Waals surface area contributed by atoms with Crippen molar-refractivity contribution in [2.45, 2.75) is 124 Å². The minimum absolute atomic E-state index is 0.0627. The van der Waals surface area contributed by atoms with Crippen molar-refractivity contribution in [1.82, 2.24) is 0 Å². The Balaban J connectivity index is 1.49. The summed E-state index contributed by atoms with van der Waals surface area (Å²) in [6.07, 6.45) is 8.05. The van der Waals surface area contributed by atoms with E-state index in [1.165, 1.54) is 26.2 Å². The number of hydrogen-bond acceptors (Lipinski definition) is 7. The molecule has 3 rings (SSSR count). The zero-order chi connectivity index (χ0) is 28.0. The van der Waals surface area contributed by atoms with Crippen molar-refractivity contribution in [3.63, 3.8) is 0 Å². The molecular weight excluding hydrogens is 488 g/mol. The van der Waals surface area contributed by atoms with Gasteiger partial charge in [-0.05, 0) is 93.3 Å². The van der Waals surface area contributed by atoms with Crippen LogP contribution < -0.4 is 0 Å². The summed E-state index contributed by atoms with van der Waals surface area (Å²) in [5.41, 5.74) is 0.157. The number of ketones is 1. The molecule has 9 atom stereocenters. The van der Waals surface area contributed by atoms with Crippen molar-refractivity contribution >= 4 is 23.9 Å². The molecule has 0 aromatic heterocycles. The highest BCUT2D eigenvalue weighted by Gasteiger charge is 2.54. The summed E-state index contributed by atoms with van der Waals surface area (Å²) in [7, 11) is 0. The molecule has 0 spiro atoms. The van der Waals surface area contributed by atoms with Crippen LogP contribution in [-0.4, -0.2) is 41.4 Å². The third-order valence-electron chi connectivity index (χ3n) is 9.70. The number of carboxylic acid groups (broad SMARTS) is 1. The molecule has 8 nitrogen and oxygen atoms in total. The summed E-state index contributed by atoms with van der Waals surface area (Å²) in [4.78, 5) is 47.6. The average Bonchev–Trinajstić information content (AvgIpc) is 3.14. The van der Waals surface area contributed by atoms with Crippen LogP contribution in [0.3, 0.4) is 0 Å². The molecule has 0 aromatic carbocycles. The van der Waals surface area contributed by atoms with Crippen LogP contribution in [0.4, 0.5) is 4.79 Å². The molecule has 0 aliphatic heterocycles. The Morgan fingerprint density at radius 1 is 0.947 bits per heavy atom. The van der Waals surface area contributed by atoms with E-state index in [4.69, 9.17) is 19.3 Å². The van der Waals surface area contributed by atoms with E-state index in [9.17, 15) is 19.2 Å². The number of Topliss-reactive ketones (excluding diaryl/α,β-unsaturated/α-hetero) is 1. The summed E-state index contributed by atoms with van der Waals surface area (Å²) in [6.45, 7) is 9.47. The maximum Gasteiger partial charge on any atom is 0.511 e. The first-order valence-corrected chi connectivity index (χ1v) is 14.7. The van der Waals surface area contributed by atoms with Crippen molar-refractivity contribution in [3.05, 3.63) is 0 Å². The van der Waals surface area contributed by atoms with Gasteiger partial charge in [0.25, 0.3) is 0 Å². The lowest BCUT2D eigenvalue weighted by Crippen LogP contribution is -2.43. The smallest absolute Gasteiger partial charge is 0.481 e. The number of esters is 1. The molecule has 216 valence electrons. The largest absolute Gasteiger partial charge is 0.511 e. The van der Waals surface area contributed by atoms with Gasteiger partial charge in [0.1, 0.15) is 11.9 Å². The summed E-state index contributed by atoms with van der Waals surface area (Å²) < 4.78 is 16.0. The molecule has 0 amide bonds. The van der Waals surface area contributed by atoms with Gasteiger partial charge in [-0.25, -0.2) is 4.79 Å². The highest BCUT2D eigenvalue weighted by molar-refractivity contribution is 5.79. The number of ether oxygens (including phenoxy) is 3. The Bertz CT molecular complexity index is 855. The third kappa shape index (κ3) is 7.95. The number of carbonyl (C=O) groups is 4. The van der Waals surface area contributed by atoms with Crippen molar-refractivity contribution in [1.29, 1.82) is 0 Å². The summed E-state index contributed by atoms with van der Waals surface area (Å²) in [5.74, 6) is 1.01. The van der Waals surface area contributed by atoms with Crippen LogP contribution >= 0.6 is 0 Å². The van der Waals surface area contributed by atoms with Crippen LogP contribution in [0.1, 0.15) is 112 Å². The van der Waals surface area contributed by atoms with Gasteiger partial charge in [0, 0.05) is 25.7 Å². The Morgan fingerprint density at radius 3 is 2.37 bits per heavy atom. The summed E-state index contributed by atoms with van der Waals surface area (Å²) in [5, 5.41) is 8.82. The van der Waals surface area contributed by atoms with Gasteiger partial charge in [0.2, 0.25) is 6.29 Å². The van der Waals surface area contributed by atoms with E-state index < -0.39 is 24.4 Å². The van der Waals surface area contributed by atoms with E-state index in [2.05, 4.69) is 13.8 Å². The molecule has 3 aliphatic rings. The first kappa shape index (κ1) is 30.4. The van der Waals surface area contributed by atoms with Gasteiger partial charge in [0.15, 0.2) is 0 Å². The highest BCUT2D eigenvalue weighted by Crippen LogP contribution is 2.61. The van der Waals surface area contributed by atoms with Gasteiger partial charge in [-0.15, -0.1) is 0 Å². The van der Waals surface area contributed by atoms with E-state index in [-0.39, 0.29) is 36.2 Å². The minimum Gasteiger partial charge on any atom is -0.481 e. The summed E-state index contributed by atoms with van der Waals surface area (Å²) in [6, 6.07) is 0. The monoisotopic (exact) mass is 536 g/mol. The SMILES string of the molecule is CC(=O)C1CC[C@H]2C3CC[C@H](C)C[C@H](OC(=O)OC(C)OC(=O)CC(C)CC(=O)O)CCC[C@H]3CCC12C. The normalized spacial score (nSPS) is 35.1. The van der Waals surface area contributed by atoms with Crippen molar-refractivity contribution in [3.8, 4) is 0 Å². The fourth-order valence-electron chi connectivity index (χ4n) is 7.92. The number of fused-ring (bicyclic) bond motifs is 3. The van der Waals surface area contributed by atoms with Gasteiger partial charge in [-0.2, -0.15) is 0 Å². The van der Waals surface area contributed by atoms with Gasteiger partial charge < -0.3 is 19.3 Å². The number of carboxylic acids is 1. The Kier molecular flexibility index (Phi) is 10.6. The average molecular weight is 537 g/mol. The summed E-state index contributed by atoms with van der Waals surface area (Å²) >= 11 is 0. The lowest BCUT2D eigenvalue weighted by atomic mass is 9.55. The standard InChI is InChI=1S/C30H48O8/c1-18-9-10-24-22(13-14-30(5)25(20(3)31)11-12-26(24)30)7-6-8-23(15-18)38-29(35)37-21(4)36-28(34)17-19(2)16-27(32)33/h18-19,21-26H,6-17H2,1-5H3,(H,32,33)/t18-,19?,21?,22-,23+,24?,25?,26-,30?/m0/s1. The van der Waals surface area contributed by atoms with Crippen LogP contribution in [0, 0.1) is 40.9 Å². The molecule has 0 heterocycles. The van der Waals surface area contributed by atoms with Crippen molar-refractivity contribution in [2.75, 3.05) is 0 Å². The van der Waals surface area contributed by atoms with E-state index in [1.807, 2.05) is 0 Å². The minimum atomic E-state index is -1.11. The highest BCUT2D eigenvalue weighted by atomic mass is 16.8. The molecular formula is C30H48O8. The molecule has 0 saturated heterocycles. The molecule has 0 bridgehead atoms. The number of hydrogen-bond donors (Lipinski definition) is 1. The van der Waals surface area contributed by atoms with Gasteiger partial charge in [-0.1, -0.05) is 33.6 Å². The Hall–Kier alpha value is -2.12. The van der Waals surface area contributed by atoms with E-state index >= 15 is 0 Å². The second kappa shape index (κ2) is 13.3. The molecule has 0 radical (unpaired) electrons. The van der Waals surface area contributed by atoms with Crippen LogP contribution in [0.5, 0.6) is 0 Å². The molecule has 5 unspecified atom stereocenters. The number of carbonyl (C=O) groups excluding carboxylic acids is 3. The fraction of sp³-hybridized carbons (Fsp3) is 0.867. The lowest BCUT2D eigenvalue weighted by molar-refractivity contribution is -0.170. The van der Waals surface area contributed by atoms with E-state index in [1.54, 1.807) is 13.8 Å². The number of rotatable bonds is 8. The molecule has 0 aromatic rings. The molecule has 3 fully saturated rings. The second-order valence-corrected chi connectivity index (χ2v) is 12.7. The first-order valence-electron chi connectivity index (χ1n) is 14.7. The molecule has 3 aliphatic carbocycles. The molecule has 8 heteroatoms. The molecule has 38 heavy (non-hydrogen) atoms. The van der Waals surface area contributed by atoms with Crippen LogP contribution in [0.25, 0.3) is 0 Å². The van der Waals surface area contributed by atoms with E-state index in [0.29, 0.717) is 29.5 Å². The van der Waals surface area contributed by atoms with Gasteiger partial charge in [0.05, 0.1) is 0 Å². The van der Waals surface area contributed by atoms with Crippen molar-refractivity contribution < 1.29 is 38.5 Å². The second-order valence-electron chi connectivity index (χ2n) is 12.7. The van der Waals surface area contributed by atoms with Crippen LogP contribution in [-0.2, 0) is 28.6 Å². The third-order valence-corrected chi connectivity index (χ3v) is 9.70. The molecule has 1 N–H and O–H groups in total. The first-order chi connectivity index (χ1) is 17.9. The molecule has 3 saturated carbocycles. The van der Waals surface area contributed by atoms with E-state index in [0.717, 1.165) is 44.9 Å². The van der Waals surface area contributed by atoms with Crippen molar-refractivity contribution in [2.24, 2.45) is 40.9 Å². The van der Waals surface area contributed by atoms with Crippen LogP contribution in [0.15, 0.2) is 0 Å². The predicted molar refractivity (Wildman–Crippen MR) is 141 cm³/mol. The Labute approximate surface area is 227 Å².